The molecule has 0 saturated heterocycles. The molecule has 1 heteroatoms. The van der Waals surface area contributed by atoms with Gasteiger partial charge >= 0.3 is 0 Å². The molecule has 1 aromatic rings. The molecule has 1 atom stereocenters. The molecule has 0 aliphatic heterocycles. The van der Waals surface area contributed by atoms with Crippen LogP contribution in [0.25, 0.3) is 0 Å². The van der Waals surface area contributed by atoms with Crippen molar-refractivity contribution in [2.24, 2.45) is 5.73 Å². The van der Waals surface area contributed by atoms with Crippen molar-refractivity contribution in [2.45, 2.75) is 19.8 Å². The van der Waals surface area contributed by atoms with E-state index < -0.39 is 0 Å². The summed E-state index contributed by atoms with van der Waals surface area (Å²) in [6.07, 6.45) is 3.61. The van der Waals surface area contributed by atoms with Gasteiger partial charge in [0.1, 0.15) is 0 Å². The van der Waals surface area contributed by atoms with Crippen molar-refractivity contribution in [2.75, 3.05) is 0 Å². The van der Waals surface area contributed by atoms with Gasteiger partial charge in [-0.15, -0.1) is 0 Å². The first-order chi connectivity index (χ1) is 5.75. The first-order valence-corrected chi connectivity index (χ1v) is 4.19. The van der Waals surface area contributed by atoms with E-state index in [4.69, 9.17) is 5.73 Å². The summed E-state index contributed by atoms with van der Waals surface area (Å²) >= 11 is 0. The molecule has 1 aromatic carbocycles. The number of aryl methyl sites for hydroxylation is 1. The van der Waals surface area contributed by atoms with Crippen molar-refractivity contribution in [1.29, 1.82) is 0 Å². The van der Waals surface area contributed by atoms with Crippen molar-refractivity contribution in [3.05, 3.63) is 47.7 Å². The lowest BCUT2D eigenvalue weighted by Crippen LogP contribution is -1.93. The largest absolute Gasteiger partial charge is 0.405 e. The third kappa shape index (κ3) is 1.88. The van der Waals surface area contributed by atoms with Crippen LogP contribution in [0.2, 0.25) is 0 Å². The topological polar surface area (TPSA) is 26.0 Å². The molecule has 0 heterocycles. The van der Waals surface area contributed by atoms with E-state index in [-0.39, 0.29) is 0 Å². The van der Waals surface area contributed by atoms with E-state index in [9.17, 15) is 0 Å². The fourth-order valence-corrected chi connectivity index (χ4v) is 1.37. The molecule has 64 valence electrons. The Morgan fingerprint density at radius 3 is 2.58 bits per heavy atom. The predicted molar refractivity (Wildman–Crippen MR) is 52.9 cm³/mol. The molecule has 0 aromatic heterocycles. The molecule has 2 N–H and O–H groups in total. The summed E-state index contributed by atoms with van der Waals surface area (Å²) in [4.78, 5) is 0. The average Bonchev–Trinajstić information content (AvgIpc) is 2.05. The summed E-state index contributed by atoms with van der Waals surface area (Å²) in [5.41, 5.74) is 8.01. The number of benzene rings is 1. The normalized spacial score (nSPS) is 13.5. The number of rotatable bonds is 2. The van der Waals surface area contributed by atoms with Gasteiger partial charge in [0.2, 0.25) is 0 Å². The minimum atomic E-state index is 0.413. The molecule has 1 unspecified atom stereocenters. The molecule has 0 bridgehead atoms. The molecule has 0 aliphatic carbocycles. The Bertz CT molecular complexity index is 276. The van der Waals surface area contributed by atoms with Crippen LogP contribution in [0.1, 0.15) is 24.0 Å². The van der Waals surface area contributed by atoms with Crippen molar-refractivity contribution in [1.82, 2.24) is 0 Å². The van der Waals surface area contributed by atoms with Gasteiger partial charge in [-0.2, -0.15) is 0 Å². The second-order valence-electron chi connectivity index (χ2n) is 3.03. The van der Waals surface area contributed by atoms with Gasteiger partial charge in [0, 0.05) is 5.92 Å². The van der Waals surface area contributed by atoms with E-state index in [1.54, 1.807) is 6.20 Å². The third-order valence-electron chi connectivity index (χ3n) is 2.08. The molecular weight excluding hydrogens is 146 g/mol. The highest BCUT2D eigenvalue weighted by molar-refractivity contribution is 5.31. The Morgan fingerprint density at radius 2 is 2.00 bits per heavy atom. The second kappa shape index (κ2) is 3.96. The van der Waals surface area contributed by atoms with Crippen LogP contribution in [0.4, 0.5) is 0 Å². The van der Waals surface area contributed by atoms with Crippen molar-refractivity contribution < 1.29 is 0 Å². The van der Waals surface area contributed by atoms with Crippen LogP contribution < -0.4 is 5.73 Å². The number of hydrogen-bond donors (Lipinski definition) is 1. The highest BCUT2D eigenvalue weighted by atomic mass is 14.5. The zero-order valence-electron chi connectivity index (χ0n) is 7.62. The maximum Gasteiger partial charge on any atom is 0.000933 e. The smallest absolute Gasteiger partial charge is 0.000933 e. The molecule has 1 nitrogen and oxygen atoms in total. The Balaban J connectivity index is 2.94. The Hall–Kier alpha value is -1.24. The maximum atomic E-state index is 5.34. The Labute approximate surface area is 73.9 Å². The van der Waals surface area contributed by atoms with Gasteiger partial charge in [-0.25, -0.2) is 0 Å². The second-order valence-corrected chi connectivity index (χ2v) is 3.03. The van der Waals surface area contributed by atoms with E-state index in [2.05, 4.69) is 38.1 Å². The monoisotopic (exact) mass is 161 g/mol. The van der Waals surface area contributed by atoms with Crippen molar-refractivity contribution >= 4 is 0 Å². The van der Waals surface area contributed by atoms with Crippen LogP contribution >= 0.6 is 0 Å². The number of hydrogen-bond acceptors (Lipinski definition) is 1. The first-order valence-electron chi connectivity index (χ1n) is 4.19. The van der Waals surface area contributed by atoms with Gasteiger partial charge in [0.25, 0.3) is 0 Å². The van der Waals surface area contributed by atoms with Gasteiger partial charge in [0.05, 0.1) is 0 Å². The predicted octanol–water partition coefficient (Wildman–Crippen LogP) is 2.57. The van der Waals surface area contributed by atoms with Crippen LogP contribution in [-0.2, 0) is 0 Å². The summed E-state index contributed by atoms with van der Waals surface area (Å²) in [5, 5.41) is 0. The molecule has 0 amide bonds. The zero-order chi connectivity index (χ0) is 8.97. The van der Waals surface area contributed by atoms with Gasteiger partial charge in [0.15, 0.2) is 0 Å². The molecule has 0 radical (unpaired) electrons. The fourth-order valence-electron chi connectivity index (χ4n) is 1.37. The fraction of sp³-hybridized carbons (Fsp3) is 0.273. The quantitative estimate of drug-likeness (QED) is 0.708. The summed E-state index contributed by atoms with van der Waals surface area (Å²) < 4.78 is 0. The summed E-state index contributed by atoms with van der Waals surface area (Å²) in [6, 6.07) is 8.37. The molecule has 0 spiro atoms. The van der Waals surface area contributed by atoms with E-state index in [0.29, 0.717) is 5.92 Å². The van der Waals surface area contributed by atoms with Crippen LogP contribution in [0.3, 0.4) is 0 Å². The van der Waals surface area contributed by atoms with Crippen molar-refractivity contribution in [3.8, 4) is 0 Å². The van der Waals surface area contributed by atoms with Gasteiger partial charge in [-0.05, 0) is 24.3 Å². The minimum Gasteiger partial charge on any atom is -0.405 e. The zero-order valence-corrected chi connectivity index (χ0v) is 7.62. The highest BCUT2D eigenvalue weighted by Gasteiger charge is 2.02. The highest BCUT2D eigenvalue weighted by Crippen LogP contribution is 2.19. The summed E-state index contributed by atoms with van der Waals surface area (Å²) in [5.74, 6) is 0.413. The van der Waals surface area contributed by atoms with Crippen LogP contribution in [0.15, 0.2) is 36.5 Å². The number of allylic oxidation sites excluding steroid dienone is 1. The maximum absolute atomic E-state index is 5.34. The van der Waals surface area contributed by atoms with E-state index in [1.807, 2.05) is 6.08 Å². The van der Waals surface area contributed by atoms with Gasteiger partial charge in [-0.3, -0.25) is 0 Å². The lowest BCUT2D eigenvalue weighted by atomic mass is 9.97. The van der Waals surface area contributed by atoms with E-state index >= 15 is 0 Å². The van der Waals surface area contributed by atoms with E-state index in [0.717, 1.165) is 0 Å². The lowest BCUT2D eigenvalue weighted by Gasteiger charge is -2.09. The van der Waals surface area contributed by atoms with Crippen LogP contribution in [0.5, 0.6) is 0 Å². The van der Waals surface area contributed by atoms with Crippen LogP contribution in [0, 0.1) is 6.92 Å². The standard InChI is InChI=1S/C11H15N/c1-9-5-3-4-6-11(9)10(2)7-8-12/h3-8,10H,12H2,1-2H3/b8-7-. The van der Waals surface area contributed by atoms with Crippen molar-refractivity contribution in [3.63, 3.8) is 0 Å². The SMILES string of the molecule is Cc1ccccc1C(C)/C=C\N. The number of nitrogens with two attached hydrogens (primary N) is 1. The van der Waals surface area contributed by atoms with Crippen LogP contribution in [-0.4, -0.2) is 0 Å². The molecule has 0 saturated carbocycles. The molecular formula is C11H15N. The van der Waals surface area contributed by atoms with E-state index in [1.165, 1.54) is 11.1 Å². The Kier molecular flexibility index (Phi) is 2.92. The van der Waals surface area contributed by atoms with Gasteiger partial charge < -0.3 is 5.73 Å². The molecule has 12 heavy (non-hydrogen) atoms. The molecule has 0 aliphatic rings. The molecule has 0 fully saturated rings. The molecule has 1 rings (SSSR count). The third-order valence-corrected chi connectivity index (χ3v) is 2.08. The summed E-state index contributed by atoms with van der Waals surface area (Å²) in [6.45, 7) is 4.27. The first kappa shape index (κ1) is 8.85. The Morgan fingerprint density at radius 1 is 1.33 bits per heavy atom. The minimum absolute atomic E-state index is 0.413. The lowest BCUT2D eigenvalue weighted by molar-refractivity contribution is 0.949. The van der Waals surface area contributed by atoms with Gasteiger partial charge in [-0.1, -0.05) is 37.3 Å². The average molecular weight is 161 g/mol. The summed E-state index contributed by atoms with van der Waals surface area (Å²) in [7, 11) is 0.